The summed E-state index contributed by atoms with van der Waals surface area (Å²) in [6, 6.07) is 7.49. The number of imide groups is 1. The zero-order valence-corrected chi connectivity index (χ0v) is 16.7. The molecular weight excluding hydrogens is 358 g/mol. The number of ether oxygens (including phenoxy) is 2. The normalized spacial score (nSPS) is 15.4. The maximum absolute atomic E-state index is 12.6. The van der Waals surface area contributed by atoms with Gasteiger partial charge in [-0.15, -0.1) is 0 Å². The Morgan fingerprint density at radius 3 is 2.57 bits per heavy atom. The molecule has 1 aliphatic heterocycles. The molecule has 0 atom stereocenters. The predicted octanol–water partition coefficient (Wildman–Crippen LogP) is 3.74. The molecule has 6 heteroatoms. The third-order valence-electron chi connectivity index (χ3n) is 4.53. The first kappa shape index (κ1) is 21.7. The van der Waals surface area contributed by atoms with Gasteiger partial charge in [0.1, 0.15) is 5.75 Å². The van der Waals surface area contributed by atoms with E-state index >= 15 is 0 Å². The molecule has 152 valence electrons. The summed E-state index contributed by atoms with van der Waals surface area (Å²) in [7, 11) is 0. The summed E-state index contributed by atoms with van der Waals surface area (Å²) in [6.07, 6.45) is 5.54. The highest BCUT2D eigenvalue weighted by atomic mass is 16.5. The number of amides is 2. The summed E-state index contributed by atoms with van der Waals surface area (Å²) >= 11 is 0. The van der Waals surface area contributed by atoms with Crippen LogP contribution < -0.4 is 4.74 Å². The van der Waals surface area contributed by atoms with Crippen LogP contribution in [0.5, 0.6) is 5.75 Å². The van der Waals surface area contributed by atoms with Crippen molar-refractivity contribution in [3.63, 3.8) is 0 Å². The van der Waals surface area contributed by atoms with Gasteiger partial charge in [-0.05, 0) is 38.8 Å². The standard InChI is InChI=1S/C22H29NO5/c1-3-27-19-12-9-8-11-17(19)15-18-16-20(24)23(22(18)26)14-10-6-5-7-13-21(25)28-4-2/h8-9,11-12,15H,3-7,10,13-14,16H2,1-2H3. The number of hydrogen-bond acceptors (Lipinski definition) is 5. The third kappa shape index (κ3) is 6.22. The highest BCUT2D eigenvalue weighted by molar-refractivity contribution is 6.15. The maximum Gasteiger partial charge on any atom is 0.305 e. The van der Waals surface area contributed by atoms with Crippen LogP contribution >= 0.6 is 0 Å². The van der Waals surface area contributed by atoms with E-state index in [1.54, 1.807) is 13.0 Å². The van der Waals surface area contributed by atoms with Crippen LogP contribution in [0.3, 0.4) is 0 Å². The van der Waals surface area contributed by atoms with Gasteiger partial charge < -0.3 is 9.47 Å². The minimum absolute atomic E-state index is 0.127. The molecule has 1 aromatic rings. The predicted molar refractivity (Wildman–Crippen MR) is 107 cm³/mol. The van der Waals surface area contributed by atoms with Crippen molar-refractivity contribution in [2.45, 2.75) is 52.4 Å². The van der Waals surface area contributed by atoms with Crippen LogP contribution in [0.15, 0.2) is 29.8 Å². The van der Waals surface area contributed by atoms with Crippen LogP contribution in [0, 0.1) is 0 Å². The van der Waals surface area contributed by atoms with Crippen molar-refractivity contribution in [2.24, 2.45) is 0 Å². The van der Waals surface area contributed by atoms with E-state index in [1.807, 2.05) is 31.2 Å². The van der Waals surface area contributed by atoms with E-state index in [2.05, 4.69) is 0 Å². The topological polar surface area (TPSA) is 72.9 Å². The number of carbonyl (C=O) groups is 3. The summed E-state index contributed by atoms with van der Waals surface area (Å²) < 4.78 is 10.5. The summed E-state index contributed by atoms with van der Waals surface area (Å²) in [5.74, 6) is 0.159. The Hall–Kier alpha value is -2.63. The molecule has 6 nitrogen and oxygen atoms in total. The number of nitrogens with zero attached hydrogens (tertiary/aromatic N) is 1. The number of hydrogen-bond donors (Lipinski definition) is 0. The first-order chi connectivity index (χ1) is 13.6. The van der Waals surface area contributed by atoms with Crippen LogP contribution in [0.25, 0.3) is 6.08 Å². The van der Waals surface area contributed by atoms with Crippen molar-refractivity contribution in [2.75, 3.05) is 19.8 Å². The molecule has 1 saturated heterocycles. The van der Waals surface area contributed by atoms with E-state index < -0.39 is 0 Å². The highest BCUT2D eigenvalue weighted by Crippen LogP contribution is 2.26. The number of carbonyl (C=O) groups excluding carboxylic acids is 3. The van der Waals surface area contributed by atoms with E-state index in [9.17, 15) is 14.4 Å². The fraction of sp³-hybridized carbons (Fsp3) is 0.500. The second-order valence-electron chi connectivity index (χ2n) is 6.64. The first-order valence-electron chi connectivity index (χ1n) is 9.99. The number of likely N-dealkylation sites (tertiary alicyclic amines) is 1. The van der Waals surface area contributed by atoms with E-state index in [0.29, 0.717) is 37.5 Å². The Balaban J connectivity index is 1.84. The lowest BCUT2D eigenvalue weighted by atomic mass is 10.1. The lowest BCUT2D eigenvalue weighted by Gasteiger charge is -2.13. The Morgan fingerprint density at radius 2 is 1.82 bits per heavy atom. The quantitative estimate of drug-likeness (QED) is 0.250. The molecule has 0 radical (unpaired) electrons. The molecule has 0 aliphatic carbocycles. The van der Waals surface area contributed by atoms with Gasteiger partial charge in [-0.2, -0.15) is 0 Å². The van der Waals surface area contributed by atoms with Crippen molar-refractivity contribution < 1.29 is 23.9 Å². The lowest BCUT2D eigenvalue weighted by Crippen LogP contribution is -2.30. The second-order valence-corrected chi connectivity index (χ2v) is 6.64. The van der Waals surface area contributed by atoms with Gasteiger partial charge >= 0.3 is 5.97 Å². The minimum atomic E-state index is -0.220. The van der Waals surface area contributed by atoms with Crippen LogP contribution in [-0.4, -0.2) is 42.4 Å². The largest absolute Gasteiger partial charge is 0.493 e. The van der Waals surface area contributed by atoms with Crippen LogP contribution in [0.4, 0.5) is 0 Å². The number of rotatable bonds is 11. The number of unbranched alkanes of at least 4 members (excludes halogenated alkanes) is 3. The van der Waals surface area contributed by atoms with Gasteiger partial charge in [0.15, 0.2) is 0 Å². The second kappa shape index (κ2) is 11.3. The molecule has 0 bridgehead atoms. The van der Waals surface area contributed by atoms with Gasteiger partial charge in [0.2, 0.25) is 5.91 Å². The molecule has 1 aliphatic rings. The van der Waals surface area contributed by atoms with Gasteiger partial charge in [0.25, 0.3) is 5.91 Å². The molecule has 0 spiro atoms. The highest BCUT2D eigenvalue weighted by Gasteiger charge is 2.33. The fourth-order valence-corrected chi connectivity index (χ4v) is 3.16. The van der Waals surface area contributed by atoms with Crippen molar-refractivity contribution in [3.05, 3.63) is 35.4 Å². The summed E-state index contributed by atoms with van der Waals surface area (Å²) in [4.78, 5) is 37.5. The SMILES string of the molecule is CCOC(=O)CCCCCCN1C(=O)CC(=Cc2ccccc2OCC)C1=O. The Kier molecular flexibility index (Phi) is 8.72. The van der Waals surface area contributed by atoms with Crippen LogP contribution in [-0.2, 0) is 19.1 Å². The molecular formula is C22H29NO5. The van der Waals surface area contributed by atoms with Gasteiger partial charge in [-0.3, -0.25) is 19.3 Å². The average Bonchev–Trinajstić information content (AvgIpc) is 2.93. The lowest BCUT2D eigenvalue weighted by molar-refractivity contribution is -0.143. The third-order valence-corrected chi connectivity index (χ3v) is 4.53. The van der Waals surface area contributed by atoms with E-state index in [4.69, 9.17) is 9.47 Å². The Morgan fingerprint density at radius 1 is 1.07 bits per heavy atom. The molecule has 2 rings (SSSR count). The van der Waals surface area contributed by atoms with E-state index in [-0.39, 0.29) is 24.2 Å². The fourth-order valence-electron chi connectivity index (χ4n) is 3.16. The summed E-state index contributed by atoms with van der Waals surface area (Å²) in [5, 5.41) is 0. The van der Waals surface area contributed by atoms with Gasteiger partial charge in [-0.25, -0.2) is 0 Å². The van der Waals surface area contributed by atoms with Gasteiger partial charge in [0.05, 0.1) is 19.6 Å². The average molecular weight is 387 g/mol. The number of esters is 1. The Bertz CT molecular complexity index is 725. The molecule has 0 unspecified atom stereocenters. The molecule has 0 saturated carbocycles. The number of benzene rings is 1. The molecule has 0 N–H and O–H groups in total. The zero-order valence-electron chi connectivity index (χ0n) is 16.7. The summed E-state index contributed by atoms with van der Waals surface area (Å²) in [5.41, 5.74) is 1.31. The molecule has 2 amide bonds. The smallest absolute Gasteiger partial charge is 0.305 e. The van der Waals surface area contributed by atoms with Crippen molar-refractivity contribution in [1.82, 2.24) is 4.90 Å². The monoisotopic (exact) mass is 387 g/mol. The van der Waals surface area contributed by atoms with Gasteiger partial charge in [-0.1, -0.05) is 31.0 Å². The van der Waals surface area contributed by atoms with Crippen molar-refractivity contribution >= 4 is 23.9 Å². The van der Waals surface area contributed by atoms with E-state index in [0.717, 1.165) is 31.2 Å². The molecule has 1 heterocycles. The first-order valence-corrected chi connectivity index (χ1v) is 9.99. The minimum Gasteiger partial charge on any atom is -0.493 e. The van der Waals surface area contributed by atoms with Gasteiger partial charge in [0, 0.05) is 24.1 Å². The molecule has 1 aromatic carbocycles. The van der Waals surface area contributed by atoms with Crippen molar-refractivity contribution in [3.8, 4) is 5.75 Å². The maximum atomic E-state index is 12.6. The molecule has 1 fully saturated rings. The van der Waals surface area contributed by atoms with Crippen LogP contribution in [0.1, 0.15) is 57.9 Å². The zero-order chi connectivity index (χ0) is 20.4. The summed E-state index contributed by atoms with van der Waals surface area (Å²) in [6.45, 7) is 5.06. The van der Waals surface area contributed by atoms with Crippen molar-refractivity contribution in [1.29, 1.82) is 0 Å². The van der Waals surface area contributed by atoms with E-state index in [1.165, 1.54) is 4.90 Å². The Labute approximate surface area is 166 Å². The molecule has 28 heavy (non-hydrogen) atoms. The molecule has 0 aromatic heterocycles. The number of para-hydroxylation sites is 1. The van der Waals surface area contributed by atoms with Crippen LogP contribution in [0.2, 0.25) is 0 Å².